The Morgan fingerprint density at radius 1 is 1.31 bits per heavy atom. The fourth-order valence-corrected chi connectivity index (χ4v) is 3.41. The number of aliphatic imine (C=N–C) groups is 1. The van der Waals surface area contributed by atoms with Crippen molar-refractivity contribution >= 4 is 35.8 Å². The summed E-state index contributed by atoms with van der Waals surface area (Å²) in [5.74, 6) is -0.869. The molecule has 0 bridgehead atoms. The number of hydrogen-bond acceptors (Lipinski definition) is 4. The van der Waals surface area contributed by atoms with E-state index in [0.29, 0.717) is 12.5 Å². The van der Waals surface area contributed by atoms with Gasteiger partial charge in [-0.2, -0.15) is 0 Å². The molecule has 0 spiro atoms. The topological polar surface area (TPSA) is 86.0 Å². The minimum Gasteiger partial charge on any atom is -0.369 e. The number of nitrogens with two attached hydrogens (primary N) is 1. The molecule has 1 aliphatic heterocycles. The molecule has 1 heterocycles. The fraction of sp³-hybridized carbons (Fsp3) is 0.579. The molecule has 0 aromatic heterocycles. The number of benzene rings is 1. The molecule has 1 amide bonds. The molecule has 1 aromatic rings. The average molecular weight is 524 g/mol. The lowest BCUT2D eigenvalue weighted by atomic mass is 10.0. The van der Waals surface area contributed by atoms with Gasteiger partial charge in [-0.25, -0.2) is 8.78 Å². The summed E-state index contributed by atoms with van der Waals surface area (Å²) in [5.41, 5.74) is 5.28. The zero-order valence-corrected chi connectivity index (χ0v) is 19.5. The van der Waals surface area contributed by atoms with Gasteiger partial charge in [-0.3, -0.25) is 14.7 Å². The molecule has 0 radical (unpaired) electrons. The summed E-state index contributed by atoms with van der Waals surface area (Å²) in [6, 6.07) is 3.61. The molecule has 10 heteroatoms. The second kappa shape index (κ2) is 12.2. The molecule has 1 aromatic carbocycles. The van der Waals surface area contributed by atoms with Crippen molar-refractivity contribution in [3.8, 4) is 0 Å². The Labute approximate surface area is 188 Å². The molecule has 2 rings (SSSR count). The fourth-order valence-electron chi connectivity index (χ4n) is 3.41. The van der Waals surface area contributed by atoms with E-state index in [-0.39, 0.29) is 48.0 Å². The maximum Gasteiger partial charge on any atom is 0.231 e. The number of nitrogens with one attached hydrogen (secondary N) is 2. The molecular formula is C19H31F2IN6O. The van der Waals surface area contributed by atoms with Gasteiger partial charge in [0.2, 0.25) is 5.91 Å². The van der Waals surface area contributed by atoms with Crippen molar-refractivity contribution in [3.63, 3.8) is 0 Å². The van der Waals surface area contributed by atoms with Gasteiger partial charge in [-0.05, 0) is 39.1 Å². The van der Waals surface area contributed by atoms with E-state index < -0.39 is 17.7 Å². The monoisotopic (exact) mass is 524 g/mol. The molecule has 29 heavy (non-hydrogen) atoms. The largest absolute Gasteiger partial charge is 0.369 e. The smallest absolute Gasteiger partial charge is 0.231 e. The maximum atomic E-state index is 14.2. The molecule has 1 saturated heterocycles. The van der Waals surface area contributed by atoms with Crippen molar-refractivity contribution in [1.82, 2.24) is 20.4 Å². The summed E-state index contributed by atoms with van der Waals surface area (Å²) < 4.78 is 28.4. The van der Waals surface area contributed by atoms with E-state index in [9.17, 15) is 13.6 Å². The van der Waals surface area contributed by atoms with Crippen LogP contribution in [0.3, 0.4) is 0 Å². The van der Waals surface area contributed by atoms with Gasteiger partial charge in [0.15, 0.2) is 5.96 Å². The maximum absolute atomic E-state index is 14.2. The minimum atomic E-state index is -0.565. The second-order valence-electron chi connectivity index (χ2n) is 7.23. The molecule has 1 fully saturated rings. The van der Waals surface area contributed by atoms with Gasteiger partial charge < -0.3 is 21.3 Å². The van der Waals surface area contributed by atoms with E-state index in [4.69, 9.17) is 5.73 Å². The standard InChI is InChI=1S/C19H30F2N6O.HI/c1-23-19(25-13-7-9-27(10-8-13)12-17(22)28)24-11-16(26(2)3)18-14(20)5-4-6-15(18)21;/h4-6,13,16H,7-12H2,1-3H3,(H2,22,28)(H2,23,24,25);1H. The highest BCUT2D eigenvalue weighted by atomic mass is 127. The van der Waals surface area contributed by atoms with Gasteiger partial charge in [-0.1, -0.05) is 6.07 Å². The van der Waals surface area contributed by atoms with Gasteiger partial charge in [0, 0.05) is 38.3 Å². The molecule has 1 atom stereocenters. The van der Waals surface area contributed by atoms with Crippen molar-refractivity contribution in [3.05, 3.63) is 35.4 Å². The van der Waals surface area contributed by atoms with Crippen LogP contribution in [0.5, 0.6) is 0 Å². The van der Waals surface area contributed by atoms with Crippen LogP contribution in [-0.4, -0.2) is 75.0 Å². The SMILES string of the molecule is CN=C(NCC(c1c(F)cccc1F)N(C)C)NC1CCN(CC(N)=O)CC1.I. The number of primary amides is 1. The average Bonchev–Trinajstić information content (AvgIpc) is 2.63. The first-order valence-corrected chi connectivity index (χ1v) is 9.40. The normalized spacial score (nSPS) is 17.0. The summed E-state index contributed by atoms with van der Waals surface area (Å²) in [7, 11) is 5.22. The van der Waals surface area contributed by atoms with Crippen molar-refractivity contribution in [2.75, 3.05) is 47.3 Å². The Morgan fingerprint density at radius 2 is 1.90 bits per heavy atom. The number of nitrogens with zero attached hydrogens (tertiary/aromatic N) is 3. The molecular weight excluding hydrogens is 493 g/mol. The number of likely N-dealkylation sites (tertiary alicyclic amines) is 1. The number of carbonyl (C=O) groups is 1. The summed E-state index contributed by atoms with van der Waals surface area (Å²) in [5, 5.41) is 6.52. The van der Waals surface area contributed by atoms with Gasteiger partial charge in [0.25, 0.3) is 0 Å². The first kappa shape index (κ1) is 25.5. The summed E-state index contributed by atoms with van der Waals surface area (Å²) in [4.78, 5) is 19.0. The highest BCUT2D eigenvalue weighted by molar-refractivity contribution is 14.0. The molecule has 164 valence electrons. The Kier molecular flexibility index (Phi) is 10.8. The highest BCUT2D eigenvalue weighted by Crippen LogP contribution is 2.23. The molecule has 0 saturated carbocycles. The first-order valence-electron chi connectivity index (χ1n) is 9.40. The molecule has 1 unspecified atom stereocenters. The third kappa shape index (κ3) is 7.67. The Morgan fingerprint density at radius 3 is 2.38 bits per heavy atom. The van der Waals surface area contributed by atoms with E-state index in [1.54, 1.807) is 26.0 Å². The molecule has 1 aliphatic rings. The zero-order valence-electron chi connectivity index (χ0n) is 17.1. The van der Waals surface area contributed by atoms with Crippen molar-refractivity contribution in [2.45, 2.75) is 24.9 Å². The van der Waals surface area contributed by atoms with Gasteiger partial charge in [0.1, 0.15) is 11.6 Å². The third-order valence-corrected chi connectivity index (χ3v) is 4.95. The van der Waals surface area contributed by atoms with Crippen LogP contribution in [-0.2, 0) is 4.79 Å². The lowest BCUT2D eigenvalue weighted by Crippen LogP contribution is -2.50. The van der Waals surface area contributed by atoms with Crippen molar-refractivity contribution < 1.29 is 13.6 Å². The van der Waals surface area contributed by atoms with Crippen LogP contribution in [0.25, 0.3) is 0 Å². The quantitative estimate of drug-likeness (QED) is 0.285. The number of halogens is 3. The van der Waals surface area contributed by atoms with E-state index >= 15 is 0 Å². The van der Waals surface area contributed by atoms with E-state index in [2.05, 4.69) is 15.6 Å². The molecule has 7 nitrogen and oxygen atoms in total. The summed E-state index contributed by atoms with van der Waals surface area (Å²) >= 11 is 0. The van der Waals surface area contributed by atoms with Crippen molar-refractivity contribution in [2.24, 2.45) is 10.7 Å². The highest BCUT2D eigenvalue weighted by Gasteiger charge is 2.24. The Bertz CT molecular complexity index is 675. The van der Waals surface area contributed by atoms with Crippen LogP contribution < -0.4 is 16.4 Å². The first-order chi connectivity index (χ1) is 13.3. The van der Waals surface area contributed by atoms with Gasteiger partial charge in [0.05, 0.1) is 12.6 Å². The van der Waals surface area contributed by atoms with Crippen LogP contribution in [0.4, 0.5) is 8.78 Å². The molecule has 0 aliphatic carbocycles. The van der Waals surface area contributed by atoms with E-state index in [1.807, 2.05) is 4.90 Å². The third-order valence-electron chi connectivity index (χ3n) is 4.95. The van der Waals surface area contributed by atoms with Crippen LogP contribution in [0.1, 0.15) is 24.4 Å². The van der Waals surface area contributed by atoms with Crippen LogP contribution in [0.2, 0.25) is 0 Å². The lowest BCUT2D eigenvalue weighted by Gasteiger charge is -2.33. The number of rotatable bonds is 7. The van der Waals surface area contributed by atoms with Gasteiger partial charge >= 0.3 is 0 Å². The minimum absolute atomic E-state index is 0. The van der Waals surface area contributed by atoms with E-state index in [1.165, 1.54) is 18.2 Å². The predicted molar refractivity (Wildman–Crippen MR) is 121 cm³/mol. The summed E-state index contributed by atoms with van der Waals surface area (Å²) in [6.45, 7) is 2.13. The second-order valence-corrected chi connectivity index (χ2v) is 7.23. The number of guanidine groups is 1. The number of carbonyl (C=O) groups excluding carboxylic acids is 1. The number of piperidine rings is 1. The zero-order chi connectivity index (χ0) is 20.7. The van der Waals surface area contributed by atoms with Crippen LogP contribution >= 0.6 is 24.0 Å². The van der Waals surface area contributed by atoms with Crippen LogP contribution in [0, 0.1) is 11.6 Å². The lowest BCUT2D eigenvalue weighted by molar-refractivity contribution is -0.119. The Hall–Kier alpha value is -1.53. The summed E-state index contributed by atoms with van der Waals surface area (Å²) in [6.07, 6.45) is 1.71. The van der Waals surface area contributed by atoms with Crippen molar-refractivity contribution in [1.29, 1.82) is 0 Å². The van der Waals surface area contributed by atoms with Gasteiger partial charge in [-0.15, -0.1) is 24.0 Å². The van der Waals surface area contributed by atoms with Crippen LogP contribution in [0.15, 0.2) is 23.2 Å². The number of amides is 1. The predicted octanol–water partition coefficient (Wildman–Crippen LogP) is 1.30. The molecule has 4 N–H and O–H groups in total. The number of likely N-dealkylation sites (N-methyl/N-ethyl adjacent to an activating group) is 1. The Balaban J connectivity index is 0.00000420. The number of hydrogen-bond donors (Lipinski definition) is 3. The van der Waals surface area contributed by atoms with E-state index in [0.717, 1.165) is 25.9 Å².